The van der Waals surface area contributed by atoms with Crippen LogP contribution in [-0.2, 0) is 13.6 Å². The molecule has 2 nitrogen and oxygen atoms in total. The Labute approximate surface area is 103 Å². The molecule has 16 heavy (non-hydrogen) atoms. The second kappa shape index (κ2) is 6.77. The van der Waals surface area contributed by atoms with E-state index in [1.54, 1.807) is 0 Å². The maximum absolute atomic E-state index is 5.94. The molecule has 0 aliphatic heterocycles. The van der Waals surface area contributed by atoms with E-state index in [-0.39, 0.29) is 0 Å². The van der Waals surface area contributed by atoms with Crippen LogP contribution in [0, 0.1) is 0 Å². The summed E-state index contributed by atoms with van der Waals surface area (Å²) in [6.07, 6.45) is 7.27. The molecule has 0 aromatic carbocycles. The predicted octanol–water partition coefficient (Wildman–Crippen LogP) is 3.51. The Morgan fingerprint density at radius 1 is 1.62 bits per heavy atom. The van der Waals surface area contributed by atoms with Gasteiger partial charge in [-0.1, -0.05) is 24.6 Å². The molecule has 1 atom stereocenters. The molecule has 0 aliphatic carbocycles. The molecule has 3 heteroatoms. The summed E-state index contributed by atoms with van der Waals surface area (Å²) in [6, 6.07) is 2.57. The fraction of sp³-hybridized carbons (Fsp3) is 0.538. The van der Waals surface area contributed by atoms with Crippen LogP contribution in [0.1, 0.15) is 31.9 Å². The van der Waals surface area contributed by atoms with Gasteiger partial charge in [0.1, 0.15) is 0 Å². The summed E-state index contributed by atoms with van der Waals surface area (Å²) in [5, 5.41) is 4.35. The van der Waals surface area contributed by atoms with Crippen LogP contribution in [0.5, 0.6) is 0 Å². The second-order valence-electron chi connectivity index (χ2n) is 4.11. The highest BCUT2D eigenvalue weighted by atomic mass is 35.5. The van der Waals surface area contributed by atoms with Gasteiger partial charge in [0.2, 0.25) is 0 Å². The molecule has 1 aromatic heterocycles. The van der Waals surface area contributed by atoms with E-state index in [1.807, 2.05) is 25.4 Å². The largest absolute Gasteiger partial charge is 0.352 e. The number of hydrogen-bond acceptors (Lipinski definition) is 1. The van der Waals surface area contributed by atoms with Crippen molar-refractivity contribution in [2.75, 3.05) is 0 Å². The molecule has 0 aliphatic rings. The van der Waals surface area contributed by atoms with E-state index in [0.29, 0.717) is 6.04 Å². The molecule has 0 radical (unpaired) electrons. The number of rotatable bonds is 7. The van der Waals surface area contributed by atoms with Crippen LogP contribution in [-0.4, -0.2) is 10.6 Å². The molecule has 0 saturated heterocycles. The van der Waals surface area contributed by atoms with Gasteiger partial charge in [-0.05, 0) is 25.3 Å². The SMILES string of the molecule is C=CCCC(CC)NCc1cc(Cl)cn1C. The summed E-state index contributed by atoms with van der Waals surface area (Å²) in [7, 11) is 2.02. The maximum atomic E-state index is 5.94. The minimum absolute atomic E-state index is 0.562. The van der Waals surface area contributed by atoms with Crippen LogP contribution in [0.3, 0.4) is 0 Å². The lowest BCUT2D eigenvalue weighted by atomic mass is 10.1. The molecular formula is C13H21ClN2. The third-order valence-electron chi connectivity index (χ3n) is 2.86. The Hall–Kier alpha value is -0.730. The molecule has 1 N–H and O–H groups in total. The average Bonchev–Trinajstić information content (AvgIpc) is 2.58. The van der Waals surface area contributed by atoms with E-state index in [1.165, 1.54) is 5.69 Å². The lowest BCUT2D eigenvalue weighted by Crippen LogP contribution is -2.28. The standard InChI is InChI=1S/C13H21ClN2/c1-4-6-7-12(5-2)15-9-13-8-11(14)10-16(13)3/h4,8,10,12,15H,1,5-7,9H2,2-3H3. The van der Waals surface area contributed by atoms with Gasteiger partial charge in [-0.2, -0.15) is 0 Å². The van der Waals surface area contributed by atoms with Crippen LogP contribution in [0.15, 0.2) is 24.9 Å². The molecular weight excluding hydrogens is 220 g/mol. The molecule has 0 saturated carbocycles. The number of nitrogens with zero attached hydrogens (tertiary/aromatic N) is 1. The van der Waals surface area contributed by atoms with Gasteiger partial charge in [-0.15, -0.1) is 6.58 Å². The molecule has 0 fully saturated rings. The Morgan fingerprint density at radius 2 is 2.38 bits per heavy atom. The van der Waals surface area contributed by atoms with E-state index >= 15 is 0 Å². The van der Waals surface area contributed by atoms with Gasteiger partial charge in [0.25, 0.3) is 0 Å². The summed E-state index contributed by atoms with van der Waals surface area (Å²) in [6.45, 7) is 6.83. The minimum atomic E-state index is 0.562. The zero-order valence-corrected chi connectivity index (χ0v) is 10.9. The first kappa shape index (κ1) is 13.3. The number of aromatic nitrogens is 1. The second-order valence-corrected chi connectivity index (χ2v) is 4.55. The first-order chi connectivity index (χ1) is 7.67. The Bertz CT molecular complexity index is 331. The molecule has 90 valence electrons. The normalized spacial score (nSPS) is 12.7. The highest BCUT2D eigenvalue weighted by Gasteiger charge is 2.06. The van der Waals surface area contributed by atoms with E-state index in [0.717, 1.165) is 30.8 Å². The summed E-state index contributed by atoms with van der Waals surface area (Å²) < 4.78 is 2.07. The number of aryl methyl sites for hydroxylation is 1. The van der Waals surface area contributed by atoms with E-state index in [4.69, 9.17) is 11.6 Å². The third-order valence-corrected chi connectivity index (χ3v) is 3.07. The summed E-state index contributed by atoms with van der Waals surface area (Å²) >= 11 is 5.94. The predicted molar refractivity (Wildman–Crippen MR) is 70.8 cm³/mol. The van der Waals surface area contributed by atoms with E-state index in [2.05, 4.69) is 23.4 Å². The van der Waals surface area contributed by atoms with Gasteiger partial charge >= 0.3 is 0 Å². The summed E-state index contributed by atoms with van der Waals surface area (Å²) in [4.78, 5) is 0. The zero-order valence-electron chi connectivity index (χ0n) is 10.2. The van der Waals surface area contributed by atoms with Crippen molar-refractivity contribution in [3.63, 3.8) is 0 Å². The molecule has 0 amide bonds. The zero-order chi connectivity index (χ0) is 12.0. The molecule has 1 unspecified atom stereocenters. The monoisotopic (exact) mass is 240 g/mol. The van der Waals surface area contributed by atoms with Crippen molar-refractivity contribution in [2.24, 2.45) is 7.05 Å². The highest BCUT2D eigenvalue weighted by Crippen LogP contribution is 2.13. The van der Waals surface area contributed by atoms with Gasteiger partial charge in [-0.25, -0.2) is 0 Å². The summed E-state index contributed by atoms with van der Waals surface area (Å²) in [5.74, 6) is 0. The van der Waals surface area contributed by atoms with Gasteiger partial charge in [0.15, 0.2) is 0 Å². The number of halogens is 1. The Balaban J connectivity index is 2.42. The van der Waals surface area contributed by atoms with E-state index in [9.17, 15) is 0 Å². The van der Waals surface area contributed by atoms with E-state index < -0.39 is 0 Å². The Kier molecular flexibility index (Phi) is 5.64. The fourth-order valence-electron chi connectivity index (χ4n) is 1.76. The maximum Gasteiger partial charge on any atom is 0.0585 e. The van der Waals surface area contributed by atoms with Crippen molar-refractivity contribution >= 4 is 11.6 Å². The van der Waals surface area contributed by atoms with Crippen molar-refractivity contribution in [1.82, 2.24) is 9.88 Å². The van der Waals surface area contributed by atoms with Crippen molar-refractivity contribution in [3.8, 4) is 0 Å². The first-order valence-electron chi connectivity index (χ1n) is 5.82. The van der Waals surface area contributed by atoms with Crippen molar-refractivity contribution in [1.29, 1.82) is 0 Å². The molecule has 1 aromatic rings. The third kappa shape index (κ3) is 4.03. The van der Waals surface area contributed by atoms with Crippen LogP contribution in [0.2, 0.25) is 5.02 Å². The number of hydrogen-bond donors (Lipinski definition) is 1. The van der Waals surface area contributed by atoms with Crippen molar-refractivity contribution < 1.29 is 0 Å². The smallest absolute Gasteiger partial charge is 0.0585 e. The average molecular weight is 241 g/mol. The van der Waals surface area contributed by atoms with Gasteiger partial charge in [-0.3, -0.25) is 0 Å². The molecule has 0 bridgehead atoms. The lowest BCUT2D eigenvalue weighted by Gasteiger charge is -2.16. The van der Waals surface area contributed by atoms with Crippen molar-refractivity contribution in [2.45, 2.75) is 38.8 Å². The van der Waals surface area contributed by atoms with Crippen molar-refractivity contribution in [3.05, 3.63) is 35.6 Å². The van der Waals surface area contributed by atoms with Gasteiger partial charge in [0.05, 0.1) is 5.02 Å². The summed E-state index contributed by atoms with van der Waals surface area (Å²) in [5.41, 5.74) is 1.22. The molecule has 1 rings (SSSR count). The fourth-order valence-corrected chi connectivity index (χ4v) is 2.03. The Morgan fingerprint density at radius 3 is 2.88 bits per heavy atom. The van der Waals surface area contributed by atoms with Crippen LogP contribution in [0.4, 0.5) is 0 Å². The number of nitrogens with one attached hydrogen (secondary N) is 1. The lowest BCUT2D eigenvalue weighted by molar-refractivity contribution is 0.463. The van der Waals surface area contributed by atoms with Gasteiger partial charge in [0, 0.05) is 31.5 Å². The van der Waals surface area contributed by atoms with Gasteiger partial charge < -0.3 is 9.88 Å². The quantitative estimate of drug-likeness (QED) is 0.722. The highest BCUT2D eigenvalue weighted by molar-refractivity contribution is 6.30. The van der Waals surface area contributed by atoms with Crippen LogP contribution >= 0.6 is 11.6 Å². The number of allylic oxidation sites excluding steroid dienone is 1. The molecule has 1 heterocycles. The minimum Gasteiger partial charge on any atom is -0.352 e. The van der Waals surface area contributed by atoms with Crippen LogP contribution < -0.4 is 5.32 Å². The first-order valence-corrected chi connectivity index (χ1v) is 6.20. The van der Waals surface area contributed by atoms with Crippen LogP contribution in [0.25, 0.3) is 0 Å². The topological polar surface area (TPSA) is 17.0 Å². The molecule has 0 spiro atoms.